The Bertz CT molecular complexity index is 1070. The molecular formula is C19H24IN7O3. The summed E-state index contributed by atoms with van der Waals surface area (Å²) in [6.07, 6.45) is 0. The van der Waals surface area contributed by atoms with E-state index in [9.17, 15) is 10.2 Å². The third-order valence-corrected chi connectivity index (χ3v) is 5.93. The summed E-state index contributed by atoms with van der Waals surface area (Å²) in [5.74, 6) is 0.457. The Morgan fingerprint density at radius 1 is 1.23 bits per heavy atom. The minimum Gasteiger partial charge on any atom is -0.504 e. The zero-order chi connectivity index (χ0) is 21.3. The van der Waals surface area contributed by atoms with E-state index in [0.717, 1.165) is 38.2 Å². The van der Waals surface area contributed by atoms with E-state index in [-0.39, 0.29) is 17.4 Å². The molecule has 5 N–H and O–H groups in total. The van der Waals surface area contributed by atoms with Gasteiger partial charge in [0.05, 0.1) is 18.6 Å². The maximum Gasteiger partial charge on any atom is 0.224 e. The summed E-state index contributed by atoms with van der Waals surface area (Å²) in [6, 6.07) is 3.32. The minimum absolute atomic E-state index is 0.113. The first-order valence-electron chi connectivity index (χ1n) is 9.63. The number of morpholine rings is 1. The molecule has 0 saturated carbocycles. The lowest BCUT2D eigenvalue weighted by atomic mass is 10.0. The molecule has 160 valence electrons. The van der Waals surface area contributed by atoms with Gasteiger partial charge in [0, 0.05) is 48.8 Å². The molecule has 30 heavy (non-hydrogen) atoms. The molecule has 0 unspecified atom stereocenters. The standard InChI is InChI=1S/C19H24IN7O3/c1-26-18-14(15(25-26)11-8-12(10-20)16(29)13(28)9-11)17(23-19(21)24-18)22-2-3-27-4-6-30-7-5-27/h8-9,28-29H,2-7,10H2,1H3,(H3,21,22,23,24). The van der Waals surface area contributed by atoms with Gasteiger partial charge in [0.1, 0.15) is 11.5 Å². The molecule has 3 aromatic rings. The topological polar surface area (TPSA) is 135 Å². The number of hydrogen-bond acceptors (Lipinski definition) is 9. The number of aromatic hydroxyl groups is 2. The van der Waals surface area contributed by atoms with Crippen LogP contribution in [-0.4, -0.2) is 74.3 Å². The van der Waals surface area contributed by atoms with Crippen molar-refractivity contribution < 1.29 is 14.9 Å². The number of nitrogens with zero attached hydrogens (tertiary/aromatic N) is 5. The minimum atomic E-state index is -0.184. The second-order valence-electron chi connectivity index (χ2n) is 7.12. The molecule has 1 aromatic carbocycles. The van der Waals surface area contributed by atoms with Crippen LogP contribution in [0.2, 0.25) is 0 Å². The number of nitrogen functional groups attached to an aromatic ring is 1. The predicted octanol–water partition coefficient (Wildman–Crippen LogP) is 1.70. The Morgan fingerprint density at radius 2 is 2.00 bits per heavy atom. The van der Waals surface area contributed by atoms with Gasteiger partial charge in [-0.2, -0.15) is 15.1 Å². The molecule has 0 amide bonds. The Kier molecular flexibility index (Phi) is 6.11. The van der Waals surface area contributed by atoms with Gasteiger partial charge in [0.2, 0.25) is 5.95 Å². The molecule has 1 saturated heterocycles. The maximum absolute atomic E-state index is 10.2. The number of aromatic nitrogens is 4. The van der Waals surface area contributed by atoms with E-state index in [4.69, 9.17) is 10.5 Å². The van der Waals surface area contributed by atoms with Gasteiger partial charge in [-0.25, -0.2) is 4.68 Å². The van der Waals surface area contributed by atoms with Gasteiger partial charge in [-0.1, -0.05) is 22.6 Å². The molecule has 4 rings (SSSR count). The fourth-order valence-electron chi connectivity index (χ4n) is 3.57. The van der Waals surface area contributed by atoms with E-state index in [0.29, 0.717) is 39.3 Å². The molecule has 0 bridgehead atoms. The molecule has 1 aliphatic rings. The van der Waals surface area contributed by atoms with Crippen molar-refractivity contribution in [3.8, 4) is 22.8 Å². The van der Waals surface area contributed by atoms with Gasteiger partial charge in [0.15, 0.2) is 17.1 Å². The fourth-order valence-corrected chi connectivity index (χ4v) is 4.15. The van der Waals surface area contributed by atoms with Gasteiger partial charge < -0.3 is 26.0 Å². The van der Waals surface area contributed by atoms with Gasteiger partial charge in [0.25, 0.3) is 0 Å². The number of nitrogens with one attached hydrogen (secondary N) is 1. The summed E-state index contributed by atoms with van der Waals surface area (Å²) < 4.78 is 7.58. The van der Waals surface area contributed by atoms with E-state index in [2.05, 4.69) is 47.9 Å². The summed E-state index contributed by atoms with van der Waals surface area (Å²) in [7, 11) is 1.79. The van der Waals surface area contributed by atoms with Crippen molar-refractivity contribution in [1.82, 2.24) is 24.6 Å². The summed E-state index contributed by atoms with van der Waals surface area (Å²) in [4.78, 5) is 11.1. The monoisotopic (exact) mass is 525 g/mol. The van der Waals surface area contributed by atoms with E-state index in [1.54, 1.807) is 11.7 Å². The molecule has 0 radical (unpaired) electrons. The van der Waals surface area contributed by atoms with Crippen LogP contribution < -0.4 is 11.1 Å². The average molecular weight is 525 g/mol. The molecule has 1 fully saturated rings. The van der Waals surface area contributed by atoms with Crippen LogP contribution in [0.25, 0.3) is 22.3 Å². The number of benzene rings is 1. The molecule has 0 atom stereocenters. The van der Waals surface area contributed by atoms with Crippen LogP contribution in [0.15, 0.2) is 12.1 Å². The number of hydrogen-bond donors (Lipinski definition) is 4. The first-order valence-corrected chi connectivity index (χ1v) is 11.2. The number of alkyl halides is 1. The van der Waals surface area contributed by atoms with Crippen molar-refractivity contribution in [3.05, 3.63) is 17.7 Å². The normalized spacial score (nSPS) is 15.0. The van der Waals surface area contributed by atoms with Crippen LogP contribution in [0.3, 0.4) is 0 Å². The van der Waals surface area contributed by atoms with E-state index >= 15 is 0 Å². The summed E-state index contributed by atoms with van der Waals surface area (Å²) in [5.41, 5.74) is 8.45. The quantitative estimate of drug-likeness (QED) is 0.216. The second kappa shape index (κ2) is 8.78. The lowest BCUT2D eigenvalue weighted by molar-refractivity contribution is 0.0398. The zero-order valence-electron chi connectivity index (χ0n) is 16.6. The number of phenolic OH excluding ortho intramolecular Hbond substituents is 2. The highest BCUT2D eigenvalue weighted by Crippen LogP contribution is 2.39. The Hall–Kier alpha value is -2.38. The van der Waals surface area contributed by atoms with E-state index < -0.39 is 0 Å². The largest absolute Gasteiger partial charge is 0.504 e. The molecule has 3 heterocycles. The van der Waals surface area contributed by atoms with Crippen molar-refractivity contribution in [2.45, 2.75) is 4.43 Å². The van der Waals surface area contributed by atoms with Crippen LogP contribution in [0.1, 0.15) is 5.56 Å². The third-order valence-electron chi connectivity index (χ3n) is 5.11. The fraction of sp³-hybridized carbons (Fsp3) is 0.421. The number of nitrogens with two attached hydrogens (primary N) is 1. The number of rotatable bonds is 6. The van der Waals surface area contributed by atoms with Crippen molar-refractivity contribution in [1.29, 1.82) is 0 Å². The summed E-state index contributed by atoms with van der Waals surface area (Å²) in [5, 5.41) is 28.9. The van der Waals surface area contributed by atoms with Gasteiger partial charge >= 0.3 is 0 Å². The predicted molar refractivity (Wildman–Crippen MR) is 123 cm³/mol. The highest BCUT2D eigenvalue weighted by molar-refractivity contribution is 14.1. The molecule has 11 heteroatoms. The molecular weight excluding hydrogens is 501 g/mol. The molecule has 0 aliphatic carbocycles. The highest BCUT2D eigenvalue weighted by Gasteiger charge is 2.20. The lowest BCUT2D eigenvalue weighted by Crippen LogP contribution is -2.39. The number of ether oxygens (including phenoxy) is 1. The maximum atomic E-state index is 10.2. The van der Waals surface area contributed by atoms with Crippen molar-refractivity contribution in [2.24, 2.45) is 7.05 Å². The second-order valence-corrected chi connectivity index (χ2v) is 7.88. The van der Waals surface area contributed by atoms with Crippen molar-refractivity contribution in [3.63, 3.8) is 0 Å². The highest BCUT2D eigenvalue weighted by atomic mass is 127. The van der Waals surface area contributed by atoms with E-state index in [1.807, 2.05) is 6.07 Å². The zero-order valence-corrected chi connectivity index (χ0v) is 18.8. The SMILES string of the molecule is Cn1nc(-c2cc(O)c(O)c(CI)c2)c2c(NCCN3CCOCC3)nc(N)nc21. The Labute approximate surface area is 187 Å². The van der Waals surface area contributed by atoms with Crippen LogP contribution >= 0.6 is 22.6 Å². The van der Waals surface area contributed by atoms with Gasteiger partial charge in [-0.05, 0) is 12.1 Å². The Balaban J connectivity index is 1.71. The van der Waals surface area contributed by atoms with Crippen molar-refractivity contribution in [2.75, 3.05) is 50.4 Å². The van der Waals surface area contributed by atoms with Crippen molar-refractivity contribution >= 4 is 45.4 Å². The molecule has 0 spiro atoms. The first-order chi connectivity index (χ1) is 14.5. The summed E-state index contributed by atoms with van der Waals surface area (Å²) >= 11 is 2.14. The Morgan fingerprint density at radius 3 is 2.73 bits per heavy atom. The first kappa shape index (κ1) is 20.9. The number of halogens is 1. The third kappa shape index (κ3) is 4.09. The number of aryl methyl sites for hydroxylation is 1. The van der Waals surface area contributed by atoms with Crippen LogP contribution in [-0.2, 0) is 16.2 Å². The van der Waals surface area contributed by atoms with Gasteiger partial charge in [-0.3, -0.25) is 4.90 Å². The summed E-state index contributed by atoms with van der Waals surface area (Å²) in [6.45, 7) is 4.85. The lowest BCUT2D eigenvalue weighted by Gasteiger charge is -2.26. The molecule has 10 nitrogen and oxygen atoms in total. The van der Waals surface area contributed by atoms with E-state index in [1.165, 1.54) is 6.07 Å². The number of anilines is 2. The number of fused-ring (bicyclic) bond motifs is 1. The average Bonchev–Trinajstić information content (AvgIpc) is 3.07. The smallest absolute Gasteiger partial charge is 0.224 e. The van der Waals surface area contributed by atoms with Crippen LogP contribution in [0.5, 0.6) is 11.5 Å². The molecule has 1 aliphatic heterocycles. The van der Waals surface area contributed by atoms with Gasteiger partial charge in [-0.15, -0.1) is 0 Å². The van der Waals surface area contributed by atoms with Crippen LogP contribution in [0.4, 0.5) is 11.8 Å². The number of phenols is 2. The molecule has 2 aromatic heterocycles. The van der Waals surface area contributed by atoms with Crippen LogP contribution in [0, 0.1) is 0 Å².